The highest BCUT2D eigenvalue weighted by molar-refractivity contribution is 9.11. The van der Waals surface area contributed by atoms with Gasteiger partial charge < -0.3 is 11.1 Å². The zero-order chi connectivity index (χ0) is 12.3. The van der Waals surface area contributed by atoms with E-state index in [-0.39, 0.29) is 5.91 Å². The second-order valence-electron chi connectivity index (χ2n) is 3.35. The topological polar surface area (TPSA) is 68.0 Å². The molecule has 0 spiro atoms. The molecule has 2 heterocycles. The third-order valence-corrected chi connectivity index (χ3v) is 3.78. The summed E-state index contributed by atoms with van der Waals surface area (Å²) in [5.41, 5.74) is 6.53. The number of hydrogen-bond donors (Lipinski definition) is 2. The minimum Gasteiger partial charge on any atom is -0.398 e. The van der Waals surface area contributed by atoms with Gasteiger partial charge in [-0.05, 0) is 34.1 Å². The van der Waals surface area contributed by atoms with Gasteiger partial charge in [-0.15, -0.1) is 11.3 Å². The van der Waals surface area contributed by atoms with Crippen LogP contribution in [0, 0.1) is 0 Å². The van der Waals surface area contributed by atoms with Gasteiger partial charge >= 0.3 is 0 Å². The maximum absolute atomic E-state index is 11.8. The fourth-order valence-electron chi connectivity index (χ4n) is 1.30. The van der Waals surface area contributed by atoms with Gasteiger partial charge in [0, 0.05) is 23.0 Å². The minimum absolute atomic E-state index is 0.208. The molecule has 2 aromatic rings. The lowest BCUT2D eigenvalue weighted by Crippen LogP contribution is -2.23. The van der Waals surface area contributed by atoms with E-state index in [1.165, 1.54) is 6.20 Å². The van der Waals surface area contributed by atoms with E-state index in [4.69, 9.17) is 5.73 Å². The van der Waals surface area contributed by atoms with Crippen molar-refractivity contribution in [1.82, 2.24) is 10.3 Å². The molecule has 0 atom stereocenters. The molecular formula is C11H10BrN3OS. The van der Waals surface area contributed by atoms with Gasteiger partial charge in [0.1, 0.15) is 0 Å². The number of hydrogen-bond acceptors (Lipinski definition) is 4. The second-order valence-corrected chi connectivity index (χ2v) is 5.90. The van der Waals surface area contributed by atoms with Crippen molar-refractivity contribution in [2.75, 3.05) is 5.73 Å². The molecule has 0 aliphatic carbocycles. The van der Waals surface area contributed by atoms with Gasteiger partial charge in [-0.3, -0.25) is 9.78 Å². The summed E-state index contributed by atoms with van der Waals surface area (Å²) in [5, 5.41) is 2.80. The third kappa shape index (κ3) is 3.04. The maximum Gasteiger partial charge on any atom is 0.255 e. The van der Waals surface area contributed by atoms with E-state index in [2.05, 4.69) is 26.2 Å². The number of carbonyl (C=O) groups is 1. The van der Waals surface area contributed by atoms with Gasteiger partial charge in [-0.1, -0.05) is 0 Å². The number of pyridine rings is 1. The van der Waals surface area contributed by atoms with Crippen molar-refractivity contribution in [1.29, 1.82) is 0 Å². The molecule has 0 saturated carbocycles. The normalized spacial score (nSPS) is 10.2. The van der Waals surface area contributed by atoms with E-state index >= 15 is 0 Å². The molecule has 0 saturated heterocycles. The summed E-state index contributed by atoms with van der Waals surface area (Å²) in [6.07, 6.45) is 3.03. The van der Waals surface area contributed by atoms with Crippen LogP contribution >= 0.6 is 27.3 Å². The van der Waals surface area contributed by atoms with E-state index in [1.807, 2.05) is 12.1 Å². The summed E-state index contributed by atoms with van der Waals surface area (Å²) in [7, 11) is 0. The Bertz CT molecular complexity index is 541. The van der Waals surface area contributed by atoms with E-state index in [0.29, 0.717) is 17.8 Å². The number of nitrogens with zero attached hydrogens (tertiary/aromatic N) is 1. The number of aromatic nitrogens is 1. The second kappa shape index (κ2) is 5.29. The molecule has 0 aromatic carbocycles. The molecule has 88 valence electrons. The smallest absolute Gasteiger partial charge is 0.255 e. The van der Waals surface area contributed by atoms with E-state index in [9.17, 15) is 4.79 Å². The Morgan fingerprint density at radius 2 is 2.29 bits per heavy atom. The number of rotatable bonds is 3. The maximum atomic E-state index is 11.8. The van der Waals surface area contributed by atoms with Crippen LogP contribution < -0.4 is 11.1 Å². The monoisotopic (exact) mass is 311 g/mol. The van der Waals surface area contributed by atoms with Gasteiger partial charge in [0.05, 0.1) is 15.9 Å². The van der Waals surface area contributed by atoms with Crippen molar-refractivity contribution in [2.24, 2.45) is 0 Å². The van der Waals surface area contributed by atoms with E-state index in [0.717, 1.165) is 8.66 Å². The summed E-state index contributed by atoms with van der Waals surface area (Å²) in [5.74, 6) is -0.208. The number of halogens is 1. The van der Waals surface area contributed by atoms with Crippen LogP contribution in [0.3, 0.4) is 0 Å². The molecule has 6 heteroatoms. The first-order valence-corrected chi connectivity index (χ1v) is 6.49. The summed E-state index contributed by atoms with van der Waals surface area (Å²) in [4.78, 5) is 16.8. The quantitative estimate of drug-likeness (QED) is 0.914. The van der Waals surface area contributed by atoms with Gasteiger partial charge in [0.25, 0.3) is 5.91 Å². The molecule has 17 heavy (non-hydrogen) atoms. The number of carbonyl (C=O) groups excluding carboxylic acids is 1. The third-order valence-electron chi connectivity index (χ3n) is 2.15. The van der Waals surface area contributed by atoms with Crippen molar-refractivity contribution in [3.05, 3.63) is 44.8 Å². The Morgan fingerprint density at radius 3 is 2.94 bits per heavy atom. The Hall–Kier alpha value is -1.40. The summed E-state index contributed by atoms with van der Waals surface area (Å²) in [6, 6.07) is 5.52. The summed E-state index contributed by atoms with van der Waals surface area (Å²) >= 11 is 4.96. The number of nitrogens with two attached hydrogens (primary N) is 1. The first kappa shape index (κ1) is 12.1. The van der Waals surface area contributed by atoms with E-state index < -0.39 is 0 Å². The number of anilines is 1. The highest BCUT2D eigenvalue weighted by atomic mass is 79.9. The molecule has 3 N–H and O–H groups in total. The highest BCUT2D eigenvalue weighted by Gasteiger charge is 2.09. The van der Waals surface area contributed by atoms with Gasteiger partial charge in [0.15, 0.2) is 0 Å². The fraction of sp³-hybridized carbons (Fsp3) is 0.0909. The van der Waals surface area contributed by atoms with E-state index in [1.54, 1.807) is 23.6 Å². The molecule has 0 aliphatic heterocycles. The minimum atomic E-state index is -0.208. The Kier molecular flexibility index (Phi) is 3.75. The number of nitrogen functional groups attached to an aromatic ring is 1. The fourth-order valence-corrected chi connectivity index (χ4v) is 2.73. The predicted molar refractivity (Wildman–Crippen MR) is 71.8 cm³/mol. The Labute approximate surface area is 111 Å². The molecule has 0 radical (unpaired) electrons. The van der Waals surface area contributed by atoms with Crippen molar-refractivity contribution >= 4 is 38.9 Å². The van der Waals surface area contributed by atoms with Crippen molar-refractivity contribution in [3.8, 4) is 0 Å². The van der Waals surface area contributed by atoms with Gasteiger partial charge in [0.2, 0.25) is 0 Å². The SMILES string of the molecule is Nc1ccncc1C(=O)NCc1ccc(Br)s1. The van der Waals surface area contributed by atoms with Crippen LogP contribution in [0.2, 0.25) is 0 Å². The van der Waals surface area contributed by atoms with Crippen LogP contribution in [0.1, 0.15) is 15.2 Å². The lowest BCUT2D eigenvalue weighted by Gasteiger charge is -2.05. The molecule has 2 aromatic heterocycles. The molecule has 0 unspecified atom stereocenters. The van der Waals surface area contributed by atoms with Gasteiger partial charge in [-0.2, -0.15) is 0 Å². The number of amides is 1. The number of nitrogens with one attached hydrogen (secondary N) is 1. The lowest BCUT2D eigenvalue weighted by atomic mass is 10.2. The summed E-state index contributed by atoms with van der Waals surface area (Å²) in [6.45, 7) is 0.490. The highest BCUT2D eigenvalue weighted by Crippen LogP contribution is 2.21. The average Bonchev–Trinajstić information content (AvgIpc) is 2.73. The van der Waals surface area contributed by atoms with Crippen LogP contribution in [-0.4, -0.2) is 10.9 Å². The average molecular weight is 312 g/mol. The molecule has 0 fully saturated rings. The van der Waals surface area contributed by atoms with Crippen LogP contribution in [-0.2, 0) is 6.54 Å². The zero-order valence-electron chi connectivity index (χ0n) is 8.81. The predicted octanol–water partition coefficient (Wildman–Crippen LogP) is 2.42. The molecule has 4 nitrogen and oxygen atoms in total. The van der Waals surface area contributed by atoms with Crippen LogP contribution in [0.25, 0.3) is 0 Å². The molecular weight excluding hydrogens is 302 g/mol. The molecule has 2 rings (SSSR count). The number of thiophene rings is 1. The molecule has 0 bridgehead atoms. The summed E-state index contributed by atoms with van der Waals surface area (Å²) < 4.78 is 1.04. The van der Waals surface area contributed by atoms with Crippen LogP contribution in [0.4, 0.5) is 5.69 Å². The van der Waals surface area contributed by atoms with Crippen molar-refractivity contribution in [2.45, 2.75) is 6.54 Å². The Balaban J connectivity index is 2.01. The lowest BCUT2D eigenvalue weighted by molar-refractivity contribution is 0.0952. The Morgan fingerprint density at radius 1 is 1.47 bits per heavy atom. The van der Waals surface area contributed by atoms with Crippen molar-refractivity contribution < 1.29 is 4.79 Å². The molecule has 1 amide bonds. The van der Waals surface area contributed by atoms with Gasteiger partial charge in [-0.25, -0.2) is 0 Å². The first-order valence-electron chi connectivity index (χ1n) is 4.88. The van der Waals surface area contributed by atoms with Crippen LogP contribution in [0.15, 0.2) is 34.4 Å². The standard InChI is InChI=1S/C11H10BrN3OS/c12-10-2-1-7(17-10)5-15-11(16)8-6-14-4-3-9(8)13/h1-4,6H,5H2,(H2,13,14)(H,15,16). The van der Waals surface area contributed by atoms with Crippen LogP contribution in [0.5, 0.6) is 0 Å². The molecule has 0 aliphatic rings. The first-order chi connectivity index (χ1) is 8.16. The van der Waals surface area contributed by atoms with Crippen molar-refractivity contribution in [3.63, 3.8) is 0 Å². The zero-order valence-corrected chi connectivity index (χ0v) is 11.2. The largest absolute Gasteiger partial charge is 0.398 e.